The van der Waals surface area contributed by atoms with E-state index in [0.29, 0.717) is 11.3 Å². The first kappa shape index (κ1) is 26.0. The van der Waals surface area contributed by atoms with Gasteiger partial charge >= 0.3 is 0 Å². The van der Waals surface area contributed by atoms with Gasteiger partial charge in [-0.3, -0.25) is 9.10 Å². The average Bonchev–Trinajstić information content (AvgIpc) is 2.87. The Labute approximate surface area is 215 Å². The zero-order valence-electron chi connectivity index (χ0n) is 21.7. The molecular formula is C30H36N2O3S. The van der Waals surface area contributed by atoms with Crippen molar-refractivity contribution in [2.75, 3.05) is 10.6 Å². The van der Waals surface area contributed by atoms with Crippen LogP contribution >= 0.6 is 0 Å². The van der Waals surface area contributed by atoms with Gasteiger partial charge in [0.1, 0.15) is 0 Å². The molecule has 1 amide bonds. The molecule has 6 heteroatoms. The van der Waals surface area contributed by atoms with E-state index >= 15 is 0 Å². The van der Waals surface area contributed by atoms with E-state index in [1.165, 1.54) is 34.5 Å². The van der Waals surface area contributed by atoms with E-state index in [9.17, 15) is 13.2 Å². The van der Waals surface area contributed by atoms with E-state index < -0.39 is 10.0 Å². The highest BCUT2D eigenvalue weighted by Gasteiger charge is 2.20. The summed E-state index contributed by atoms with van der Waals surface area (Å²) in [6.45, 7) is 6.26. The Bertz CT molecular complexity index is 1350. The molecule has 1 unspecified atom stereocenters. The Morgan fingerprint density at radius 2 is 1.61 bits per heavy atom. The summed E-state index contributed by atoms with van der Waals surface area (Å²) >= 11 is 0. The first-order valence-corrected chi connectivity index (χ1v) is 14.6. The summed E-state index contributed by atoms with van der Waals surface area (Å²) in [6.07, 6.45) is 6.76. The van der Waals surface area contributed by atoms with Gasteiger partial charge in [0.15, 0.2) is 0 Å². The standard InChI is InChI=1S/C30H36N2O3S/c1-5-29(27-16-15-24-8-6-7-9-26(24)19-27)31-30(33)25-13-11-23(12-14-25)20-32(36(4,34)35)28-17-10-21(2)22(3)18-28/h10-19,29H,5-9,20H2,1-4H3,(H,31,33). The Hall–Kier alpha value is -3.12. The van der Waals surface area contributed by atoms with Gasteiger partial charge in [0.2, 0.25) is 10.0 Å². The molecule has 0 aromatic heterocycles. The highest BCUT2D eigenvalue weighted by atomic mass is 32.2. The molecule has 1 atom stereocenters. The van der Waals surface area contributed by atoms with Crippen LogP contribution in [0.2, 0.25) is 0 Å². The van der Waals surface area contributed by atoms with Gasteiger partial charge in [0.05, 0.1) is 24.5 Å². The molecule has 0 aliphatic heterocycles. The smallest absolute Gasteiger partial charge is 0.251 e. The number of nitrogens with zero attached hydrogens (tertiary/aromatic N) is 1. The van der Waals surface area contributed by atoms with Crippen LogP contribution in [0.1, 0.15) is 76.0 Å². The van der Waals surface area contributed by atoms with Crippen molar-refractivity contribution in [3.05, 3.63) is 99.6 Å². The van der Waals surface area contributed by atoms with Crippen LogP contribution in [0.15, 0.2) is 60.7 Å². The number of benzene rings is 3. The number of anilines is 1. The van der Waals surface area contributed by atoms with E-state index in [2.05, 4.69) is 30.4 Å². The third-order valence-corrected chi connectivity index (χ3v) is 8.35. The van der Waals surface area contributed by atoms with E-state index in [-0.39, 0.29) is 18.5 Å². The molecule has 4 rings (SSSR count). The second-order valence-corrected chi connectivity index (χ2v) is 11.8. The van der Waals surface area contributed by atoms with Crippen LogP contribution in [0.5, 0.6) is 0 Å². The SMILES string of the molecule is CCC(NC(=O)c1ccc(CN(c2ccc(C)c(C)c2)S(C)(=O)=O)cc1)c1ccc2c(c1)CCCC2. The van der Waals surface area contributed by atoms with Crippen molar-refractivity contribution in [3.63, 3.8) is 0 Å². The lowest BCUT2D eigenvalue weighted by atomic mass is 9.88. The van der Waals surface area contributed by atoms with E-state index in [1.807, 2.05) is 44.2 Å². The number of hydrogen-bond donors (Lipinski definition) is 1. The molecule has 0 saturated heterocycles. The summed E-state index contributed by atoms with van der Waals surface area (Å²) in [7, 11) is -3.47. The summed E-state index contributed by atoms with van der Waals surface area (Å²) in [6, 6.07) is 19.4. The second-order valence-electron chi connectivity index (χ2n) is 9.90. The second kappa shape index (κ2) is 10.9. The predicted octanol–water partition coefficient (Wildman–Crippen LogP) is 6.03. The monoisotopic (exact) mass is 504 g/mol. The zero-order valence-corrected chi connectivity index (χ0v) is 22.5. The molecule has 0 saturated carbocycles. The number of sulfonamides is 1. The van der Waals surface area contributed by atoms with E-state index in [0.717, 1.165) is 41.5 Å². The fourth-order valence-corrected chi connectivity index (χ4v) is 5.72. The van der Waals surface area contributed by atoms with Gasteiger partial charge in [-0.05, 0) is 104 Å². The number of amides is 1. The third-order valence-electron chi connectivity index (χ3n) is 7.21. The predicted molar refractivity (Wildman–Crippen MR) is 147 cm³/mol. The molecule has 5 nitrogen and oxygen atoms in total. The van der Waals surface area contributed by atoms with Gasteiger partial charge in [-0.1, -0.05) is 43.3 Å². The lowest BCUT2D eigenvalue weighted by Crippen LogP contribution is -2.30. The number of fused-ring (bicyclic) bond motifs is 1. The van der Waals surface area contributed by atoms with E-state index in [1.54, 1.807) is 12.1 Å². The minimum absolute atomic E-state index is 0.0464. The maximum atomic E-state index is 13.0. The van der Waals surface area contributed by atoms with Crippen molar-refractivity contribution in [3.8, 4) is 0 Å². The molecule has 0 fully saturated rings. The minimum atomic E-state index is -3.47. The van der Waals surface area contributed by atoms with Crippen LogP contribution in [0.4, 0.5) is 5.69 Å². The van der Waals surface area contributed by atoms with Crippen LogP contribution in [0.3, 0.4) is 0 Å². The van der Waals surface area contributed by atoms with Crippen molar-refractivity contribution in [2.45, 2.75) is 65.5 Å². The molecule has 190 valence electrons. The quantitative estimate of drug-likeness (QED) is 0.407. The molecule has 0 spiro atoms. The molecule has 0 radical (unpaired) electrons. The van der Waals surface area contributed by atoms with E-state index in [4.69, 9.17) is 0 Å². The third kappa shape index (κ3) is 5.98. The van der Waals surface area contributed by atoms with Gasteiger partial charge in [-0.2, -0.15) is 0 Å². The highest BCUT2D eigenvalue weighted by molar-refractivity contribution is 7.92. The minimum Gasteiger partial charge on any atom is -0.345 e. The van der Waals surface area contributed by atoms with Gasteiger partial charge in [0.25, 0.3) is 5.91 Å². The van der Waals surface area contributed by atoms with Crippen molar-refractivity contribution < 1.29 is 13.2 Å². The molecule has 1 N–H and O–H groups in total. The number of aryl methyl sites for hydroxylation is 4. The molecule has 36 heavy (non-hydrogen) atoms. The maximum absolute atomic E-state index is 13.0. The summed E-state index contributed by atoms with van der Waals surface area (Å²) < 4.78 is 26.5. The van der Waals surface area contributed by atoms with Crippen molar-refractivity contribution in [1.82, 2.24) is 5.32 Å². The number of carbonyl (C=O) groups is 1. The number of hydrogen-bond acceptors (Lipinski definition) is 3. The van der Waals surface area contributed by atoms with Crippen LogP contribution < -0.4 is 9.62 Å². The largest absolute Gasteiger partial charge is 0.345 e. The summed E-state index contributed by atoms with van der Waals surface area (Å²) in [5.74, 6) is -0.125. The lowest BCUT2D eigenvalue weighted by Gasteiger charge is -2.23. The van der Waals surface area contributed by atoms with Crippen molar-refractivity contribution in [1.29, 1.82) is 0 Å². The average molecular weight is 505 g/mol. The molecule has 0 heterocycles. The van der Waals surface area contributed by atoms with Crippen molar-refractivity contribution >= 4 is 21.6 Å². The molecule has 3 aromatic carbocycles. The van der Waals surface area contributed by atoms with Crippen LogP contribution in [0, 0.1) is 13.8 Å². The number of nitrogens with one attached hydrogen (secondary N) is 1. The fraction of sp³-hybridized carbons (Fsp3) is 0.367. The van der Waals surface area contributed by atoms with Gasteiger partial charge < -0.3 is 5.32 Å². The first-order chi connectivity index (χ1) is 17.2. The van der Waals surface area contributed by atoms with Crippen molar-refractivity contribution in [2.24, 2.45) is 0 Å². The molecule has 1 aliphatic rings. The summed E-state index contributed by atoms with van der Waals surface area (Å²) in [4.78, 5) is 13.0. The van der Waals surface area contributed by atoms with Gasteiger partial charge in [-0.15, -0.1) is 0 Å². The Morgan fingerprint density at radius 3 is 2.25 bits per heavy atom. The zero-order chi connectivity index (χ0) is 25.9. The molecule has 3 aromatic rings. The maximum Gasteiger partial charge on any atom is 0.251 e. The Balaban J connectivity index is 1.47. The fourth-order valence-electron chi connectivity index (χ4n) is 4.84. The van der Waals surface area contributed by atoms with Gasteiger partial charge in [0, 0.05) is 5.56 Å². The Morgan fingerprint density at radius 1 is 0.917 bits per heavy atom. The topological polar surface area (TPSA) is 66.5 Å². The van der Waals surface area contributed by atoms with Crippen LogP contribution in [-0.2, 0) is 29.4 Å². The van der Waals surface area contributed by atoms with Crippen LogP contribution in [0.25, 0.3) is 0 Å². The summed E-state index contributed by atoms with van der Waals surface area (Å²) in [5.41, 5.74) is 8.17. The molecule has 1 aliphatic carbocycles. The highest BCUT2D eigenvalue weighted by Crippen LogP contribution is 2.27. The van der Waals surface area contributed by atoms with Gasteiger partial charge in [-0.25, -0.2) is 8.42 Å². The molecular weight excluding hydrogens is 468 g/mol. The number of carbonyl (C=O) groups excluding carboxylic acids is 1. The lowest BCUT2D eigenvalue weighted by molar-refractivity contribution is 0.0935. The first-order valence-electron chi connectivity index (χ1n) is 12.7. The number of rotatable bonds is 8. The van der Waals surface area contributed by atoms with Crippen LogP contribution in [-0.4, -0.2) is 20.6 Å². The molecule has 0 bridgehead atoms. The summed E-state index contributed by atoms with van der Waals surface area (Å²) in [5, 5.41) is 3.18. The normalized spacial score (nSPS) is 14.1. The Kier molecular flexibility index (Phi) is 7.84.